The van der Waals surface area contributed by atoms with Gasteiger partial charge in [0, 0.05) is 51.8 Å². The van der Waals surface area contributed by atoms with Crippen molar-refractivity contribution in [2.24, 2.45) is 0 Å². The Balaban J connectivity index is 1.34. The second-order valence-corrected chi connectivity index (χ2v) is 10.4. The number of nitrogens with zero attached hydrogens (tertiary/aromatic N) is 4. The van der Waals surface area contributed by atoms with E-state index >= 15 is 0 Å². The number of nitrogens with two attached hydrogens (primary N) is 1. The number of para-hydroxylation sites is 1. The number of thioether (sulfide) groups is 1. The summed E-state index contributed by atoms with van der Waals surface area (Å²) in [7, 11) is 0. The number of nitriles is 2. The predicted octanol–water partition coefficient (Wildman–Crippen LogP) is 6.89. The molecule has 0 saturated carbocycles. The molecule has 0 fully saturated rings. The van der Waals surface area contributed by atoms with Crippen molar-refractivity contribution in [1.82, 2.24) is 9.55 Å². The Morgan fingerprint density at radius 3 is 2.40 bits per heavy atom. The number of pyridine rings is 1. The lowest BCUT2D eigenvalue weighted by molar-refractivity contribution is -0.115. The molecule has 5 aromatic rings. The van der Waals surface area contributed by atoms with Gasteiger partial charge in [0.2, 0.25) is 5.91 Å². The largest absolute Gasteiger partial charge is 0.383 e. The molecule has 0 unspecified atom stereocenters. The number of nitrogen functional groups attached to an aromatic ring is 1. The molecular formula is C32H28N6OS. The van der Waals surface area contributed by atoms with Gasteiger partial charge in [0.15, 0.2) is 0 Å². The maximum Gasteiger partial charge on any atom is 0.225 e. The number of carbonyl (C=O) groups excluding carboxylic acids is 1. The maximum absolute atomic E-state index is 12.9. The van der Waals surface area contributed by atoms with E-state index in [9.17, 15) is 15.3 Å². The van der Waals surface area contributed by atoms with E-state index in [1.165, 1.54) is 17.3 Å². The lowest BCUT2D eigenvalue weighted by atomic mass is 9.96. The minimum absolute atomic E-state index is 0.0718. The fourth-order valence-electron chi connectivity index (χ4n) is 5.03. The summed E-state index contributed by atoms with van der Waals surface area (Å²) < 4.78 is 2.27. The number of amides is 1. The zero-order valence-corrected chi connectivity index (χ0v) is 23.2. The molecule has 0 aliphatic carbocycles. The van der Waals surface area contributed by atoms with Gasteiger partial charge in [-0.3, -0.25) is 4.79 Å². The van der Waals surface area contributed by atoms with Crippen LogP contribution in [0.15, 0.2) is 71.8 Å². The highest BCUT2D eigenvalue weighted by molar-refractivity contribution is 7.99. The molecule has 1 amide bonds. The van der Waals surface area contributed by atoms with Crippen LogP contribution in [0.1, 0.15) is 37.0 Å². The van der Waals surface area contributed by atoms with Gasteiger partial charge in [0.05, 0.1) is 5.56 Å². The molecule has 0 bridgehead atoms. The molecule has 3 N–H and O–H groups in total. The standard InChI is InChI=1S/C32H28N6OS/c1-3-20-9-11-21(12-10-20)30-25(18-33)31(35)37-32(26(30)19-34)40-16-15-29(39)36-22-13-14-28-24(17-22)23-7-5-6-8-27(23)38(28)4-2/h5-14,17H,3-4,15-16H2,1-2H3,(H2,35,37)(H,36,39). The minimum Gasteiger partial charge on any atom is -0.383 e. The summed E-state index contributed by atoms with van der Waals surface area (Å²) in [6, 6.07) is 26.3. The van der Waals surface area contributed by atoms with E-state index in [-0.39, 0.29) is 29.3 Å². The van der Waals surface area contributed by atoms with Crippen LogP contribution in [0.25, 0.3) is 32.9 Å². The van der Waals surface area contributed by atoms with Crippen molar-refractivity contribution in [2.75, 3.05) is 16.8 Å². The van der Waals surface area contributed by atoms with Crippen LogP contribution in [0.5, 0.6) is 0 Å². The predicted molar refractivity (Wildman–Crippen MR) is 162 cm³/mol. The smallest absolute Gasteiger partial charge is 0.225 e. The minimum atomic E-state index is -0.137. The summed E-state index contributed by atoms with van der Waals surface area (Å²) in [6.45, 7) is 5.05. The Morgan fingerprint density at radius 2 is 1.70 bits per heavy atom. The molecule has 7 nitrogen and oxygen atoms in total. The van der Waals surface area contributed by atoms with E-state index in [4.69, 9.17) is 5.73 Å². The summed E-state index contributed by atoms with van der Waals surface area (Å²) >= 11 is 1.28. The van der Waals surface area contributed by atoms with E-state index in [0.717, 1.165) is 46.1 Å². The molecule has 2 heterocycles. The first-order valence-corrected chi connectivity index (χ1v) is 14.1. The van der Waals surface area contributed by atoms with Crippen molar-refractivity contribution in [1.29, 1.82) is 10.5 Å². The van der Waals surface area contributed by atoms with Crippen molar-refractivity contribution < 1.29 is 4.79 Å². The SMILES string of the molecule is CCc1ccc(-c2c(C#N)c(N)nc(SCCC(=O)Nc3ccc4c(c3)c3ccccc3n4CC)c2C#N)cc1. The van der Waals surface area contributed by atoms with Gasteiger partial charge >= 0.3 is 0 Å². The van der Waals surface area contributed by atoms with Gasteiger partial charge in [-0.05, 0) is 48.7 Å². The van der Waals surface area contributed by atoms with Crippen LogP contribution in [0, 0.1) is 22.7 Å². The van der Waals surface area contributed by atoms with Crippen LogP contribution < -0.4 is 11.1 Å². The van der Waals surface area contributed by atoms with Crippen molar-refractivity contribution >= 4 is 51.0 Å². The number of carbonyl (C=O) groups is 1. The zero-order valence-electron chi connectivity index (χ0n) is 22.4. The van der Waals surface area contributed by atoms with E-state index in [0.29, 0.717) is 16.3 Å². The molecule has 0 aliphatic heterocycles. The average Bonchev–Trinajstić information content (AvgIpc) is 3.29. The van der Waals surface area contributed by atoms with Crippen LogP contribution in [0.4, 0.5) is 11.5 Å². The van der Waals surface area contributed by atoms with Crippen LogP contribution in [-0.2, 0) is 17.8 Å². The summed E-state index contributed by atoms with van der Waals surface area (Å²) in [5.74, 6) is 0.328. The number of fused-ring (bicyclic) bond motifs is 3. The fraction of sp³-hybridized carbons (Fsp3) is 0.188. The van der Waals surface area contributed by atoms with Crippen molar-refractivity contribution in [3.8, 4) is 23.3 Å². The first kappa shape index (κ1) is 26.8. The number of benzene rings is 3. The monoisotopic (exact) mass is 544 g/mol. The lowest BCUT2D eigenvalue weighted by Gasteiger charge is -2.13. The molecule has 40 heavy (non-hydrogen) atoms. The summed E-state index contributed by atoms with van der Waals surface area (Å²) in [5.41, 5.74) is 12.0. The third-order valence-corrected chi connectivity index (χ3v) is 7.98. The lowest BCUT2D eigenvalue weighted by Crippen LogP contribution is -2.12. The van der Waals surface area contributed by atoms with Crippen LogP contribution in [-0.4, -0.2) is 21.2 Å². The normalized spacial score (nSPS) is 10.9. The van der Waals surface area contributed by atoms with E-state index in [1.54, 1.807) is 0 Å². The Hall–Kier alpha value is -4.79. The molecule has 3 aromatic carbocycles. The molecule has 0 atom stereocenters. The zero-order chi connectivity index (χ0) is 28.2. The number of hydrogen-bond acceptors (Lipinski definition) is 6. The number of aryl methyl sites for hydroxylation is 2. The fourth-order valence-corrected chi connectivity index (χ4v) is 5.97. The highest BCUT2D eigenvalue weighted by atomic mass is 32.2. The van der Waals surface area contributed by atoms with Gasteiger partial charge in [-0.1, -0.05) is 49.4 Å². The highest BCUT2D eigenvalue weighted by Crippen LogP contribution is 2.36. The molecule has 2 aromatic heterocycles. The van der Waals surface area contributed by atoms with Gasteiger partial charge in [0.1, 0.15) is 28.5 Å². The van der Waals surface area contributed by atoms with Crippen molar-refractivity contribution in [3.63, 3.8) is 0 Å². The third-order valence-electron chi connectivity index (χ3n) is 7.01. The molecule has 0 spiro atoms. The molecule has 8 heteroatoms. The number of hydrogen-bond donors (Lipinski definition) is 2. The van der Waals surface area contributed by atoms with Gasteiger partial charge in [0.25, 0.3) is 0 Å². The van der Waals surface area contributed by atoms with E-state index in [1.807, 2.05) is 54.6 Å². The Labute approximate surface area is 237 Å². The van der Waals surface area contributed by atoms with Gasteiger partial charge in [-0.15, -0.1) is 11.8 Å². The molecular weight excluding hydrogens is 516 g/mol. The van der Waals surface area contributed by atoms with Gasteiger partial charge in [-0.25, -0.2) is 4.98 Å². The van der Waals surface area contributed by atoms with Crippen LogP contribution in [0.2, 0.25) is 0 Å². The van der Waals surface area contributed by atoms with Gasteiger partial charge < -0.3 is 15.6 Å². The van der Waals surface area contributed by atoms with Crippen LogP contribution >= 0.6 is 11.8 Å². The van der Waals surface area contributed by atoms with E-state index < -0.39 is 0 Å². The second-order valence-electron chi connectivity index (χ2n) is 9.34. The summed E-state index contributed by atoms with van der Waals surface area (Å²) in [4.78, 5) is 17.2. The summed E-state index contributed by atoms with van der Waals surface area (Å²) in [5, 5.41) is 25.4. The average molecular weight is 545 g/mol. The van der Waals surface area contributed by atoms with Gasteiger partial charge in [-0.2, -0.15) is 10.5 Å². The van der Waals surface area contributed by atoms with Crippen molar-refractivity contribution in [2.45, 2.75) is 38.3 Å². The number of nitrogens with one attached hydrogen (secondary N) is 1. The molecule has 5 rings (SSSR count). The first-order chi connectivity index (χ1) is 19.5. The quantitative estimate of drug-likeness (QED) is 0.205. The Kier molecular flexibility index (Phi) is 7.72. The second kappa shape index (κ2) is 11.5. The Bertz CT molecular complexity index is 1830. The topological polar surface area (TPSA) is 121 Å². The number of rotatable bonds is 8. The van der Waals surface area contributed by atoms with E-state index in [2.05, 4.69) is 53.0 Å². The Morgan fingerprint density at radius 1 is 0.975 bits per heavy atom. The summed E-state index contributed by atoms with van der Waals surface area (Å²) in [6.07, 6.45) is 1.10. The van der Waals surface area contributed by atoms with Crippen molar-refractivity contribution in [3.05, 3.63) is 83.4 Å². The molecule has 0 radical (unpaired) electrons. The highest BCUT2D eigenvalue weighted by Gasteiger charge is 2.21. The van der Waals surface area contributed by atoms with Crippen LogP contribution in [0.3, 0.4) is 0 Å². The maximum atomic E-state index is 12.9. The molecule has 198 valence electrons. The molecule has 0 aliphatic rings. The first-order valence-electron chi connectivity index (χ1n) is 13.2. The molecule has 0 saturated heterocycles. The number of aromatic nitrogens is 2. The number of anilines is 2. The third kappa shape index (κ3) is 4.98.